The van der Waals surface area contributed by atoms with Crippen molar-refractivity contribution in [2.45, 2.75) is 0 Å². The number of pyridine rings is 1. The van der Waals surface area contributed by atoms with E-state index in [4.69, 9.17) is 0 Å². The van der Waals surface area contributed by atoms with Gasteiger partial charge < -0.3 is 0 Å². The van der Waals surface area contributed by atoms with Crippen LogP contribution in [0.5, 0.6) is 0 Å². The van der Waals surface area contributed by atoms with Crippen LogP contribution in [0, 0.1) is 0 Å². The molecule has 0 atom stereocenters. The number of aromatic nitrogens is 1. The molecule has 15 heavy (non-hydrogen) atoms. The summed E-state index contributed by atoms with van der Waals surface area (Å²) in [5.41, 5.74) is 2.12. The van der Waals surface area contributed by atoms with Crippen molar-refractivity contribution >= 4 is 51.4 Å². The van der Waals surface area contributed by atoms with Gasteiger partial charge in [0.05, 0.1) is 11.0 Å². The first-order chi connectivity index (χ1) is 6.93. The summed E-state index contributed by atoms with van der Waals surface area (Å²) < 4.78 is 0. The van der Waals surface area contributed by atoms with Gasteiger partial charge >= 0.3 is 29.6 Å². The molecule has 3 rings (SSSR count). The predicted octanol–water partition coefficient (Wildman–Crippen LogP) is 2.74. The zero-order valence-electron chi connectivity index (χ0n) is 7.64. The van der Waals surface area contributed by atoms with Gasteiger partial charge in [-0.05, 0) is 18.2 Å². The Morgan fingerprint density at radius 3 is 1.67 bits per heavy atom. The summed E-state index contributed by atoms with van der Waals surface area (Å²) in [7, 11) is 0. The molecule has 0 aliphatic carbocycles. The van der Waals surface area contributed by atoms with Gasteiger partial charge in [-0.2, -0.15) is 0 Å². The molecule has 0 aliphatic heterocycles. The summed E-state index contributed by atoms with van der Waals surface area (Å²) in [6, 6.07) is 18.6. The summed E-state index contributed by atoms with van der Waals surface area (Å²) in [5.74, 6) is 0. The van der Waals surface area contributed by atoms with E-state index in [1.807, 2.05) is 36.4 Å². The van der Waals surface area contributed by atoms with E-state index >= 15 is 0 Å². The van der Waals surface area contributed by atoms with Gasteiger partial charge in [0.2, 0.25) is 0 Å². The molecule has 0 fully saturated rings. The Morgan fingerprint density at radius 1 is 0.667 bits per heavy atom. The SMILES string of the molecule is [NaH].c1ccc2nc3ccccc3cc2c1. The van der Waals surface area contributed by atoms with Crippen molar-refractivity contribution < 1.29 is 0 Å². The van der Waals surface area contributed by atoms with Gasteiger partial charge in [-0.25, -0.2) is 4.98 Å². The summed E-state index contributed by atoms with van der Waals surface area (Å²) in [6.07, 6.45) is 0. The van der Waals surface area contributed by atoms with Crippen LogP contribution >= 0.6 is 0 Å². The Bertz CT molecular complexity index is 499. The fourth-order valence-corrected chi connectivity index (χ4v) is 1.72. The van der Waals surface area contributed by atoms with Crippen molar-refractivity contribution in [1.29, 1.82) is 0 Å². The summed E-state index contributed by atoms with van der Waals surface area (Å²) in [4.78, 5) is 4.58. The second-order valence-electron chi connectivity index (χ2n) is 3.37. The van der Waals surface area contributed by atoms with E-state index in [1.54, 1.807) is 0 Å². The second-order valence-corrected chi connectivity index (χ2v) is 3.37. The van der Waals surface area contributed by atoms with Crippen molar-refractivity contribution in [1.82, 2.24) is 4.98 Å². The number of rotatable bonds is 0. The average molecular weight is 203 g/mol. The Labute approximate surface area is 110 Å². The Morgan fingerprint density at radius 2 is 1.13 bits per heavy atom. The number of nitrogens with zero attached hydrogens (tertiary/aromatic N) is 1. The quantitative estimate of drug-likeness (QED) is 0.404. The van der Waals surface area contributed by atoms with E-state index < -0.39 is 0 Å². The zero-order chi connectivity index (χ0) is 9.38. The normalized spacial score (nSPS) is 10.1. The molecule has 1 heterocycles. The fraction of sp³-hybridized carbons (Fsp3) is 0. The minimum atomic E-state index is 0. The number of hydrogen-bond acceptors (Lipinski definition) is 1. The van der Waals surface area contributed by atoms with Crippen molar-refractivity contribution in [3.63, 3.8) is 0 Å². The molecule has 1 aromatic heterocycles. The van der Waals surface area contributed by atoms with Crippen LogP contribution in [0.15, 0.2) is 54.6 Å². The molecule has 0 amide bonds. The maximum atomic E-state index is 4.58. The van der Waals surface area contributed by atoms with Crippen LogP contribution in [0.1, 0.15) is 0 Å². The summed E-state index contributed by atoms with van der Waals surface area (Å²) in [5, 5.41) is 2.40. The minimum Gasteiger partial charge on any atom is -0.248 e. The maximum Gasteiger partial charge on any atom is 0.0709 e. The molecule has 2 aromatic carbocycles. The molecule has 0 saturated heterocycles. The van der Waals surface area contributed by atoms with Gasteiger partial charge in [0.1, 0.15) is 0 Å². The molecule has 2 heteroatoms. The fourth-order valence-electron chi connectivity index (χ4n) is 1.72. The van der Waals surface area contributed by atoms with Crippen molar-refractivity contribution in [3.8, 4) is 0 Å². The van der Waals surface area contributed by atoms with Crippen LogP contribution in [-0.2, 0) is 0 Å². The van der Waals surface area contributed by atoms with Crippen LogP contribution in [0.2, 0.25) is 0 Å². The van der Waals surface area contributed by atoms with E-state index in [0.29, 0.717) is 0 Å². The van der Waals surface area contributed by atoms with E-state index in [1.165, 1.54) is 10.8 Å². The van der Waals surface area contributed by atoms with Gasteiger partial charge in [0, 0.05) is 10.8 Å². The molecular formula is C13H10NNa. The van der Waals surface area contributed by atoms with Crippen LogP contribution in [0.25, 0.3) is 21.8 Å². The molecule has 0 unspecified atom stereocenters. The minimum absolute atomic E-state index is 0. The summed E-state index contributed by atoms with van der Waals surface area (Å²) in [6.45, 7) is 0. The van der Waals surface area contributed by atoms with Crippen LogP contribution in [-0.4, -0.2) is 34.5 Å². The van der Waals surface area contributed by atoms with Crippen molar-refractivity contribution in [2.24, 2.45) is 0 Å². The van der Waals surface area contributed by atoms with E-state index in [9.17, 15) is 0 Å². The molecule has 0 saturated carbocycles. The van der Waals surface area contributed by atoms with Crippen LogP contribution in [0.3, 0.4) is 0 Å². The average Bonchev–Trinajstić information content (AvgIpc) is 2.26. The molecule has 3 aromatic rings. The largest absolute Gasteiger partial charge is 0.248 e. The van der Waals surface area contributed by atoms with Gasteiger partial charge in [-0.1, -0.05) is 36.4 Å². The molecule has 0 spiro atoms. The smallest absolute Gasteiger partial charge is 0.0709 e. The third-order valence-corrected chi connectivity index (χ3v) is 2.43. The van der Waals surface area contributed by atoms with E-state index in [0.717, 1.165) is 11.0 Å². The first-order valence-electron chi connectivity index (χ1n) is 4.68. The molecular weight excluding hydrogens is 193 g/mol. The Kier molecular flexibility index (Phi) is 3.06. The van der Waals surface area contributed by atoms with Crippen molar-refractivity contribution in [3.05, 3.63) is 54.6 Å². The first kappa shape index (κ1) is 10.6. The van der Waals surface area contributed by atoms with E-state index in [2.05, 4.69) is 23.2 Å². The van der Waals surface area contributed by atoms with Gasteiger partial charge in [-0.15, -0.1) is 0 Å². The number of para-hydroxylation sites is 2. The Balaban J connectivity index is 0.000000853. The van der Waals surface area contributed by atoms with Gasteiger partial charge in [0.15, 0.2) is 0 Å². The number of benzene rings is 2. The van der Waals surface area contributed by atoms with E-state index in [-0.39, 0.29) is 29.6 Å². The van der Waals surface area contributed by atoms with Crippen molar-refractivity contribution in [2.75, 3.05) is 0 Å². The van der Waals surface area contributed by atoms with Crippen LogP contribution < -0.4 is 0 Å². The molecule has 0 radical (unpaired) electrons. The Hall–Kier alpha value is -0.890. The topological polar surface area (TPSA) is 12.9 Å². The standard InChI is InChI=1S/C13H9N.Na.H/c1-3-7-12-10(5-1)9-11-6-2-4-8-13(11)14-12;;/h1-9H;;. The third kappa shape index (κ3) is 1.91. The molecule has 0 N–H and O–H groups in total. The van der Waals surface area contributed by atoms with Gasteiger partial charge in [0.25, 0.3) is 0 Å². The summed E-state index contributed by atoms with van der Waals surface area (Å²) >= 11 is 0. The first-order valence-corrected chi connectivity index (χ1v) is 4.68. The maximum absolute atomic E-state index is 4.58. The van der Waals surface area contributed by atoms with Gasteiger partial charge in [-0.3, -0.25) is 0 Å². The molecule has 68 valence electrons. The monoisotopic (exact) mass is 203 g/mol. The molecule has 1 nitrogen and oxygen atoms in total. The zero-order valence-corrected chi connectivity index (χ0v) is 7.64. The molecule has 0 bridgehead atoms. The number of fused-ring (bicyclic) bond motifs is 2. The van der Waals surface area contributed by atoms with Crippen LogP contribution in [0.4, 0.5) is 0 Å². The number of hydrogen-bond donors (Lipinski definition) is 0. The molecule has 0 aliphatic rings. The second kappa shape index (κ2) is 4.31. The third-order valence-electron chi connectivity index (χ3n) is 2.43. The predicted molar refractivity (Wildman–Crippen MR) is 66.4 cm³/mol.